The number of para-hydroxylation sites is 1. The Morgan fingerprint density at radius 2 is 1.74 bits per heavy atom. The minimum Gasteiger partial charge on any atom is -0.493 e. The molecule has 0 saturated carbocycles. The average Bonchev–Trinajstić information content (AvgIpc) is 2.38. The van der Waals surface area contributed by atoms with E-state index in [0.29, 0.717) is 6.61 Å². The highest BCUT2D eigenvalue weighted by atomic mass is 35.5. The average molecular weight is 276 g/mol. The van der Waals surface area contributed by atoms with Crippen LogP contribution in [0, 0.1) is 13.8 Å². The van der Waals surface area contributed by atoms with Gasteiger partial charge in [0.15, 0.2) is 0 Å². The van der Waals surface area contributed by atoms with Crippen molar-refractivity contribution in [2.75, 3.05) is 12.3 Å². The molecule has 0 aliphatic heterocycles. The fourth-order valence-corrected chi connectivity index (χ4v) is 2.14. The summed E-state index contributed by atoms with van der Waals surface area (Å²) in [6, 6.07) is 11.8. The highest BCUT2D eigenvalue weighted by Crippen LogP contribution is 2.26. The van der Waals surface area contributed by atoms with Crippen LogP contribution in [-0.4, -0.2) is 6.61 Å². The molecule has 0 spiro atoms. The molecule has 3 heteroatoms. The Bertz CT molecular complexity index is 558. The summed E-state index contributed by atoms with van der Waals surface area (Å²) in [6.07, 6.45) is 0.799. The van der Waals surface area contributed by atoms with Gasteiger partial charge in [-0.3, -0.25) is 0 Å². The zero-order valence-electron chi connectivity index (χ0n) is 11.2. The summed E-state index contributed by atoms with van der Waals surface area (Å²) >= 11 is 6.13. The summed E-state index contributed by atoms with van der Waals surface area (Å²) < 4.78 is 5.77. The Balaban J connectivity index is 1.98. The third-order valence-corrected chi connectivity index (χ3v) is 3.70. The lowest BCUT2D eigenvalue weighted by Gasteiger charge is -2.10. The van der Waals surface area contributed by atoms with Crippen LogP contribution in [0.3, 0.4) is 0 Å². The van der Waals surface area contributed by atoms with E-state index >= 15 is 0 Å². The minimum absolute atomic E-state index is 0.606. The molecule has 0 aliphatic rings. The summed E-state index contributed by atoms with van der Waals surface area (Å²) in [5, 5.41) is 0.805. The number of rotatable bonds is 4. The van der Waals surface area contributed by atoms with Gasteiger partial charge in [-0.1, -0.05) is 29.8 Å². The normalized spacial score (nSPS) is 10.5. The number of ether oxygens (including phenoxy) is 1. The quantitative estimate of drug-likeness (QED) is 0.851. The zero-order valence-corrected chi connectivity index (χ0v) is 12.0. The predicted octanol–water partition coefficient (Wildman–Crippen LogP) is 4.16. The maximum absolute atomic E-state index is 6.13. The van der Waals surface area contributed by atoms with Crippen LogP contribution in [0.2, 0.25) is 5.02 Å². The molecule has 0 bridgehead atoms. The monoisotopic (exact) mass is 275 g/mol. The van der Waals surface area contributed by atoms with E-state index in [1.165, 1.54) is 0 Å². The van der Waals surface area contributed by atoms with Crippen molar-refractivity contribution in [3.05, 3.63) is 58.1 Å². The molecule has 100 valence electrons. The lowest BCUT2D eigenvalue weighted by atomic mass is 10.1. The Labute approximate surface area is 119 Å². The molecule has 0 radical (unpaired) electrons. The number of nitrogen functional groups attached to an aromatic ring is 1. The SMILES string of the molecule is Cc1cc(OCCc2ccccc2N)cc(C)c1Cl. The predicted molar refractivity (Wildman–Crippen MR) is 81.0 cm³/mol. The summed E-state index contributed by atoms with van der Waals surface area (Å²) in [5.74, 6) is 0.855. The van der Waals surface area contributed by atoms with Gasteiger partial charge < -0.3 is 10.5 Å². The Kier molecular flexibility index (Phi) is 4.33. The second-order valence-corrected chi connectivity index (χ2v) is 5.05. The molecule has 2 N–H and O–H groups in total. The van der Waals surface area contributed by atoms with Gasteiger partial charge in [0, 0.05) is 17.1 Å². The van der Waals surface area contributed by atoms with Crippen LogP contribution < -0.4 is 10.5 Å². The van der Waals surface area contributed by atoms with E-state index in [9.17, 15) is 0 Å². The number of hydrogen-bond donors (Lipinski definition) is 1. The molecule has 19 heavy (non-hydrogen) atoms. The van der Waals surface area contributed by atoms with E-state index in [0.717, 1.165) is 39.6 Å². The summed E-state index contributed by atoms with van der Waals surface area (Å²) in [5.41, 5.74) is 9.90. The van der Waals surface area contributed by atoms with Crippen LogP contribution >= 0.6 is 11.6 Å². The third-order valence-electron chi connectivity index (χ3n) is 3.11. The first kappa shape index (κ1) is 13.8. The lowest BCUT2D eigenvalue weighted by molar-refractivity contribution is 0.322. The van der Waals surface area contributed by atoms with Crippen LogP contribution in [0.1, 0.15) is 16.7 Å². The topological polar surface area (TPSA) is 35.2 Å². The molecule has 0 aliphatic carbocycles. The Hall–Kier alpha value is -1.67. The maximum Gasteiger partial charge on any atom is 0.119 e. The van der Waals surface area contributed by atoms with Crippen molar-refractivity contribution in [2.24, 2.45) is 0 Å². The van der Waals surface area contributed by atoms with Crippen LogP contribution in [0.4, 0.5) is 5.69 Å². The van der Waals surface area contributed by atoms with Gasteiger partial charge in [0.2, 0.25) is 0 Å². The van der Waals surface area contributed by atoms with Gasteiger partial charge in [0.25, 0.3) is 0 Å². The first-order chi connectivity index (χ1) is 9.08. The molecule has 2 rings (SSSR count). The smallest absolute Gasteiger partial charge is 0.119 e. The number of hydrogen-bond acceptors (Lipinski definition) is 2. The zero-order chi connectivity index (χ0) is 13.8. The van der Waals surface area contributed by atoms with Gasteiger partial charge in [0.1, 0.15) is 5.75 Å². The van der Waals surface area contributed by atoms with Crippen LogP contribution in [0.25, 0.3) is 0 Å². The molecule has 0 amide bonds. The van der Waals surface area contributed by atoms with E-state index < -0.39 is 0 Å². The van der Waals surface area contributed by atoms with E-state index in [-0.39, 0.29) is 0 Å². The number of aryl methyl sites for hydroxylation is 2. The van der Waals surface area contributed by atoms with Crippen LogP contribution in [0.15, 0.2) is 36.4 Å². The van der Waals surface area contributed by atoms with Gasteiger partial charge in [-0.05, 0) is 48.7 Å². The van der Waals surface area contributed by atoms with Gasteiger partial charge in [-0.15, -0.1) is 0 Å². The van der Waals surface area contributed by atoms with E-state index in [2.05, 4.69) is 0 Å². The Morgan fingerprint density at radius 3 is 2.37 bits per heavy atom. The summed E-state index contributed by atoms with van der Waals surface area (Å²) in [7, 11) is 0. The van der Waals surface area contributed by atoms with Gasteiger partial charge in [-0.2, -0.15) is 0 Å². The second-order valence-electron chi connectivity index (χ2n) is 4.67. The van der Waals surface area contributed by atoms with Crippen molar-refractivity contribution < 1.29 is 4.74 Å². The highest BCUT2D eigenvalue weighted by molar-refractivity contribution is 6.32. The van der Waals surface area contributed by atoms with E-state index in [1.54, 1.807) is 0 Å². The van der Waals surface area contributed by atoms with Crippen molar-refractivity contribution in [3.63, 3.8) is 0 Å². The minimum atomic E-state index is 0.606. The number of benzene rings is 2. The van der Waals surface area contributed by atoms with Crippen molar-refractivity contribution >= 4 is 17.3 Å². The summed E-state index contributed by atoms with van der Waals surface area (Å²) in [4.78, 5) is 0. The van der Waals surface area contributed by atoms with Gasteiger partial charge >= 0.3 is 0 Å². The molecule has 0 fully saturated rings. The molecular formula is C16H18ClNO. The fraction of sp³-hybridized carbons (Fsp3) is 0.250. The third kappa shape index (κ3) is 3.42. The largest absolute Gasteiger partial charge is 0.493 e. The van der Waals surface area contributed by atoms with Crippen molar-refractivity contribution in [1.82, 2.24) is 0 Å². The number of halogens is 1. The van der Waals surface area contributed by atoms with E-state index in [1.807, 2.05) is 50.2 Å². The summed E-state index contributed by atoms with van der Waals surface area (Å²) in [6.45, 7) is 4.57. The second kappa shape index (κ2) is 5.98. The molecule has 2 aromatic carbocycles. The van der Waals surface area contributed by atoms with Crippen LogP contribution in [0.5, 0.6) is 5.75 Å². The molecule has 0 atom stereocenters. The first-order valence-corrected chi connectivity index (χ1v) is 6.68. The fourth-order valence-electron chi connectivity index (χ4n) is 2.03. The Morgan fingerprint density at radius 1 is 1.11 bits per heavy atom. The van der Waals surface area contributed by atoms with Crippen molar-refractivity contribution in [2.45, 2.75) is 20.3 Å². The highest BCUT2D eigenvalue weighted by Gasteiger charge is 2.04. The maximum atomic E-state index is 6.13. The van der Waals surface area contributed by atoms with Crippen molar-refractivity contribution in [1.29, 1.82) is 0 Å². The lowest BCUT2D eigenvalue weighted by Crippen LogP contribution is -2.04. The molecule has 0 saturated heterocycles. The number of nitrogens with two attached hydrogens (primary N) is 1. The molecule has 2 aromatic rings. The first-order valence-electron chi connectivity index (χ1n) is 6.31. The number of anilines is 1. The van der Waals surface area contributed by atoms with Crippen molar-refractivity contribution in [3.8, 4) is 5.75 Å². The van der Waals surface area contributed by atoms with Gasteiger partial charge in [-0.25, -0.2) is 0 Å². The molecular weight excluding hydrogens is 258 g/mol. The molecule has 2 nitrogen and oxygen atoms in total. The standard InChI is InChI=1S/C16H18ClNO/c1-11-9-14(10-12(2)16(11)17)19-8-7-13-5-3-4-6-15(13)18/h3-6,9-10H,7-8,18H2,1-2H3. The van der Waals surface area contributed by atoms with Gasteiger partial charge in [0.05, 0.1) is 6.61 Å². The molecule has 0 heterocycles. The van der Waals surface area contributed by atoms with Crippen LogP contribution in [-0.2, 0) is 6.42 Å². The molecule has 0 unspecified atom stereocenters. The molecule has 0 aromatic heterocycles. The van der Waals surface area contributed by atoms with E-state index in [4.69, 9.17) is 22.1 Å².